The fourth-order valence-corrected chi connectivity index (χ4v) is 3.56. The van der Waals surface area contributed by atoms with Gasteiger partial charge in [0.15, 0.2) is 11.6 Å². The van der Waals surface area contributed by atoms with Gasteiger partial charge in [0, 0.05) is 30.8 Å². The van der Waals surface area contributed by atoms with Crippen LogP contribution in [0.1, 0.15) is 38.3 Å². The van der Waals surface area contributed by atoms with E-state index in [4.69, 9.17) is 4.74 Å². The Bertz CT molecular complexity index is 1100. The Balaban J connectivity index is 1.81. The zero-order valence-corrected chi connectivity index (χ0v) is 19.1. The van der Waals surface area contributed by atoms with E-state index >= 15 is 0 Å². The molecule has 0 bridgehead atoms. The van der Waals surface area contributed by atoms with Crippen LogP contribution >= 0.6 is 0 Å². The molecule has 10 heteroatoms. The quantitative estimate of drug-likeness (QED) is 0.640. The highest BCUT2D eigenvalue weighted by Crippen LogP contribution is 2.22. The van der Waals surface area contributed by atoms with E-state index in [1.165, 1.54) is 4.90 Å². The summed E-state index contributed by atoms with van der Waals surface area (Å²) in [6, 6.07) is 7.12. The summed E-state index contributed by atoms with van der Waals surface area (Å²) >= 11 is 0. The third kappa shape index (κ3) is 6.72. The van der Waals surface area contributed by atoms with Gasteiger partial charge in [0.2, 0.25) is 11.8 Å². The number of rotatable bonds is 5. The molecule has 182 valence electrons. The van der Waals surface area contributed by atoms with Gasteiger partial charge in [-0.3, -0.25) is 9.59 Å². The number of para-hydroxylation sites is 1. The maximum absolute atomic E-state index is 14.3. The number of nitrogens with zero attached hydrogens (tertiary/aromatic N) is 1. The van der Waals surface area contributed by atoms with Crippen LogP contribution < -0.4 is 10.6 Å². The SMILES string of the molecule is CC(C)(C)OC(=O)NC(CC(=O)N1CC(=O)Nc2ccccc2C1)Cc1cc(F)c(F)cc1F. The Morgan fingerprint density at radius 2 is 1.76 bits per heavy atom. The number of hydrogen-bond donors (Lipinski definition) is 2. The van der Waals surface area contributed by atoms with E-state index in [1.807, 2.05) is 0 Å². The van der Waals surface area contributed by atoms with E-state index < -0.39 is 41.1 Å². The van der Waals surface area contributed by atoms with Gasteiger partial charge >= 0.3 is 6.09 Å². The van der Waals surface area contributed by atoms with Crippen LogP contribution in [0.3, 0.4) is 0 Å². The summed E-state index contributed by atoms with van der Waals surface area (Å²) < 4.78 is 46.5. The molecule has 1 unspecified atom stereocenters. The van der Waals surface area contributed by atoms with Crippen molar-refractivity contribution in [2.24, 2.45) is 0 Å². The minimum atomic E-state index is -1.34. The number of fused-ring (bicyclic) bond motifs is 1. The summed E-state index contributed by atoms with van der Waals surface area (Å²) in [5.74, 6) is -4.48. The van der Waals surface area contributed by atoms with E-state index in [0.717, 1.165) is 5.56 Å². The van der Waals surface area contributed by atoms with Gasteiger partial charge in [-0.2, -0.15) is 0 Å². The normalized spacial score (nSPS) is 14.5. The zero-order chi connectivity index (χ0) is 25.0. The molecule has 1 aliphatic heterocycles. The summed E-state index contributed by atoms with van der Waals surface area (Å²) in [6.45, 7) is 4.87. The average molecular weight is 477 g/mol. The average Bonchev–Trinajstić information content (AvgIpc) is 2.88. The summed E-state index contributed by atoms with van der Waals surface area (Å²) in [6.07, 6.45) is -1.48. The minimum Gasteiger partial charge on any atom is -0.444 e. The largest absolute Gasteiger partial charge is 0.444 e. The van der Waals surface area contributed by atoms with E-state index in [0.29, 0.717) is 17.8 Å². The Labute approximate surface area is 195 Å². The minimum absolute atomic E-state index is 0.145. The lowest BCUT2D eigenvalue weighted by molar-refractivity contribution is -0.135. The fourth-order valence-electron chi connectivity index (χ4n) is 3.56. The van der Waals surface area contributed by atoms with E-state index in [2.05, 4.69) is 10.6 Å². The van der Waals surface area contributed by atoms with Crippen LogP contribution in [0.2, 0.25) is 0 Å². The number of anilines is 1. The van der Waals surface area contributed by atoms with Crippen molar-refractivity contribution in [3.8, 4) is 0 Å². The van der Waals surface area contributed by atoms with Gasteiger partial charge < -0.3 is 20.3 Å². The number of halogens is 3. The summed E-state index contributed by atoms with van der Waals surface area (Å²) in [4.78, 5) is 39.0. The number of carbonyl (C=O) groups excluding carboxylic acids is 3. The van der Waals surface area contributed by atoms with Crippen LogP contribution in [0.4, 0.5) is 23.7 Å². The van der Waals surface area contributed by atoms with Gasteiger partial charge in [0.1, 0.15) is 18.0 Å². The van der Waals surface area contributed by atoms with Crippen LogP contribution in [-0.4, -0.2) is 41.0 Å². The van der Waals surface area contributed by atoms with Crippen LogP contribution in [0.15, 0.2) is 36.4 Å². The maximum Gasteiger partial charge on any atom is 0.407 e. The summed E-state index contributed by atoms with van der Waals surface area (Å²) in [5, 5.41) is 5.24. The Morgan fingerprint density at radius 3 is 2.47 bits per heavy atom. The van der Waals surface area contributed by atoms with Crippen molar-refractivity contribution >= 4 is 23.6 Å². The first kappa shape index (κ1) is 25.1. The van der Waals surface area contributed by atoms with E-state index in [9.17, 15) is 27.6 Å². The van der Waals surface area contributed by atoms with Crippen molar-refractivity contribution < 1.29 is 32.3 Å². The number of carbonyl (C=O) groups is 3. The third-order valence-corrected chi connectivity index (χ3v) is 5.04. The molecule has 2 N–H and O–H groups in total. The second kappa shape index (κ2) is 10.1. The number of hydrogen-bond acceptors (Lipinski definition) is 4. The van der Waals surface area contributed by atoms with Gasteiger partial charge in [-0.1, -0.05) is 18.2 Å². The first-order valence-corrected chi connectivity index (χ1v) is 10.7. The molecule has 2 aromatic carbocycles. The molecule has 0 aromatic heterocycles. The van der Waals surface area contributed by atoms with Crippen LogP contribution in [0.5, 0.6) is 0 Å². The molecular formula is C24H26F3N3O4. The first-order valence-electron chi connectivity index (χ1n) is 10.7. The topological polar surface area (TPSA) is 87.7 Å². The Hall–Kier alpha value is -3.56. The van der Waals surface area contributed by atoms with Crippen molar-refractivity contribution in [1.29, 1.82) is 0 Å². The lowest BCUT2D eigenvalue weighted by Crippen LogP contribution is -2.44. The van der Waals surface area contributed by atoms with Crippen LogP contribution in [0, 0.1) is 17.5 Å². The van der Waals surface area contributed by atoms with Crippen molar-refractivity contribution in [2.75, 3.05) is 11.9 Å². The molecule has 0 aliphatic carbocycles. The molecule has 3 rings (SSSR count). The summed E-state index contributed by atoms with van der Waals surface area (Å²) in [7, 11) is 0. The molecule has 0 saturated carbocycles. The van der Waals surface area contributed by atoms with Crippen molar-refractivity contribution in [2.45, 2.75) is 51.8 Å². The summed E-state index contributed by atoms with van der Waals surface area (Å²) in [5.41, 5.74) is 0.269. The second-order valence-corrected chi connectivity index (χ2v) is 9.06. The molecule has 3 amide bonds. The molecule has 0 radical (unpaired) electrons. The first-order chi connectivity index (χ1) is 15.9. The van der Waals surface area contributed by atoms with E-state index in [1.54, 1.807) is 45.0 Å². The molecule has 0 spiro atoms. The number of benzene rings is 2. The molecule has 1 heterocycles. The molecule has 2 aromatic rings. The predicted molar refractivity (Wildman–Crippen MR) is 118 cm³/mol. The van der Waals surface area contributed by atoms with Gasteiger partial charge in [0.05, 0.1) is 0 Å². The third-order valence-electron chi connectivity index (χ3n) is 5.04. The molecule has 0 fully saturated rings. The molecule has 34 heavy (non-hydrogen) atoms. The van der Waals surface area contributed by atoms with E-state index in [-0.39, 0.29) is 37.4 Å². The molecule has 1 atom stereocenters. The van der Waals surface area contributed by atoms with Gasteiger partial charge in [-0.05, 0) is 50.5 Å². The monoisotopic (exact) mass is 477 g/mol. The number of alkyl carbamates (subject to hydrolysis) is 1. The highest BCUT2D eigenvalue weighted by atomic mass is 19.2. The van der Waals surface area contributed by atoms with Crippen molar-refractivity contribution in [3.63, 3.8) is 0 Å². The molecular weight excluding hydrogens is 451 g/mol. The number of ether oxygens (including phenoxy) is 1. The lowest BCUT2D eigenvalue weighted by Gasteiger charge is -2.26. The van der Waals surface area contributed by atoms with Crippen LogP contribution in [0.25, 0.3) is 0 Å². The molecule has 1 aliphatic rings. The number of nitrogens with one attached hydrogen (secondary N) is 2. The second-order valence-electron chi connectivity index (χ2n) is 9.06. The smallest absolute Gasteiger partial charge is 0.407 e. The highest BCUT2D eigenvalue weighted by Gasteiger charge is 2.28. The lowest BCUT2D eigenvalue weighted by atomic mass is 10.0. The number of amides is 3. The Kier molecular flexibility index (Phi) is 7.48. The van der Waals surface area contributed by atoms with Crippen molar-refractivity contribution in [3.05, 3.63) is 65.0 Å². The zero-order valence-electron chi connectivity index (χ0n) is 19.1. The maximum atomic E-state index is 14.3. The highest BCUT2D eigenvalue weighted by molar-refractivity contribution is 5.96. The van der Waals surface area contributed by atoms with Gasteiger partial charge in [0.25, 0.3) is 0 Å². The van der Waals surface area contributed by atoms with Gasteiger partial charge in [-0.25, -0.2) is 18.0 Å². The standard InChI is InChI=1S/C24H26F3N3O4/c1-24(2,3)34-23(33)28-16(8-15-9-18(26)19(27)11-17(15)25)10-22(32)30-12-14-6-4-5-7-20(14)29-21(31)13-30/h4-7,9,11,16H,8,10,12-13H2,1-3H3,(H,28,33)(H,29,31). The Morgan fingerprint density at radius 1 is 1.09 bits per heavy atom. The predicted octanol–water partition coefficient (Wildman–Crippen LogP) is 3.91. The van der Waals surface area contributed by atoms with Gasteiger partial charge in [-0.15, -0.1) is 0 Å². The molecule has 0 saturated heterocycles. The fraction of sp³-hybridized carbons (Fsp3) is 0.375. The van der Waals surface area contributed by atoms with Crippen molar-refractivity contribution in [1.82, 2.24) is 10.2 Å². The van der Waals surface area contributed by atoms with Crippen LogP contribution in [-0.2, 0) is 27.3 Å². The molecule has 7 nitrogen and oxygen atoms in total.